The lowest BCUT2D eigenvalue weighted by atomic mass is 10.1. The van der Waals surface area contributed by atoms with Crippen molar-refractivity contribution in [2.24, 2.45) is 0 Å². The average Bonchev–Trinajstić information content (AvgIpc) is 3.02. The molecule has 2 aromatic heterocycles. The summed E-state index contributed by atoms with van der Waals surface area (Å²) >= 11 is 0. The fraction of sp³-hybridized carbons (Fsp3) is 0.150. The van der Waals surface area contributed by atoms with Gasteiger partial charge in [0.15, 0.2) is 11.5 Å². The highest BCUT2D eigenvalue weighted by molar-refractivity contribution is 7.92. The van der Waals surface area contributed by atoms with Gasteiger partial charge in [-0.15, -0.1) is 10.2 Å². The lowest BCUT2D eigenvalue weighted by Crippen LogP contribution is -2.14. The van der Waals surface area contributed by atoms with Crippen molar-refractivity contribution in [3.8, 4) is 11.3 Å². The number of benzene rings is 2. The van der Waals surface area contributed by atoms with Gasteiger partial charge >= 0.3 is 0 Å². The van der Waals surface area contributed by atoms with Gasteiger partial charge in [0.05, 0.1) is 10.6 Å². The van der Waals surface area contributed by atoms with Crippen molar-refractivity contribution in [3.63, 3.8) is 0 Å². The molecular weight excluding hydrogens is 374 g/mol. The van der Waals surface area contributed by atoms with E-state index >= 15 is 0 Å². The molecule has 0 bridgehead atoms. The summed E-state index contributed by atoms with van der Waals surface area (Å²) in [6.45, 7) is 5.55. The molecule has 0 atom stereocenters. The average molecular weight is 393 g/mol. The summed E-state index contributed by atoms with van der Waals surface area (Å²) in [6.07, 6.45) is 0. The zero-order valence-electron chi connectivity index (χ0n) is 15.7. The van der Waals surface area contributed by atoms with E-state index in [0.29, 0.717) is 28.4 Å². The van der Waals surface area contributed by atoms with Gasteiger partial charge in [0.25, 0.3) is 10.0 Å². The van der Waals surface area contributed by atoms with Gasteiger partial charge in [-0.05, 0) is 56.7 Å². The first-order chi connectivity index (χ1) is 13.3. The van der Waals surface area contributed by atoms with Gasteiger partial charge in [-0.25, -0.2) is 8.42 Å². The van der Waals surface area contributed by atoms with E-state index in [0.717, 1.165) is 11.1 Å². The quantitative estimate of drug-likeness (QED) is 0.573. The molecule has 0 unspecified atom stereocenters. The largest absolute Gasteiger partial charge is 0.280 e. The minimum absolute atomic E-state index is 0.267. The van der Waals surface area contributed by atoms with Crippen LogP contribution in [0, 0.1) is 20.8 Å². The molecule has 4 aromatic rings. The molecule has 0 spiro atoms. The van der Waals surface area contributed by atoms with Crippen molar-refractivity contribution in [1.82, 2.24) is 19.8 Å². The Hall–Kier alpha value is -3.26. The molecule has 28 heavy (non-hydrogen) atoms. The molecule has 0 saturated heterocycles. The van der Waals surface area contributed by atoms with Crippen LogP contribution in [0.1, 0.15) is 17.0 Å². The summed E-state index contributed by atoms with van der Waals surface area (Å²) in [5.41, 5.74) is 4.34. The zero-order valence-corrected chi connectivity index (χ0v) is 16.5. The standard InChI is InChI=1S/C20H19N5O2S/c1-13-7-9-19(14(2)11-13)28(26,27)24-17-6-4-5-16(12-17)18-8-10-20-22-21-15(3)25(20)23-18/h4-12,24H,1-3H3. The van der Waals surface area contributed by atoms with Gasteiger partial charge in [0.1, 0.15) is 0 Å². The Kier molecular flexibility index (Phi) is 4.35. The van der Waals surface area contributed by atoms with Crippen molar-refractivity contribution < 1.29 is 8.42 Å². The van der Waals surface area contributed by atoms with Gasteiger partial charge < -0.3 is 0 Å². The third kappa shape index (κ3) is 3.34. The van der Waals surface area contributed by atoms with E-state index in [1.165, 1.54) is 0 Å². The molecule has 0 aliphatic rings. The molecule has 0 aliphatic heterocycles. The predicted molar refractivity (Wildman–Crippen MR) is 108 cm³/mol. The lowest BCUT2D eigenvalue weighted by Gasteiger charge is -2.12. The fourth-order valence-corrected chi connectivity index (χ4v) is 4.38. The summed E-state index contributed by atoms with van der Waals surface area (Å²) in [5.74, 6) is 0.684. The molecule has 0 fully saturated rings. The number of aryl methyl sites for hydroxylation is 3. The molecule has 0 saturated carbocycles. The van der Waals surface area contributed by atoms with Crippen LogP contribution in [0.25, 0.3) is 16.9 Å². The number of hydrogen-bond donors (Lipinski definition) is 1. The summed E-state index contributed by atoms with van der Waals surface area (Å²) in [7, 11) is -3.69. The van der Waals surface area contributed by atoms with Crippen molar-refractivity contribution in [2.45, 2.75) is 25.7 Å². The first-order valence-electron chi connectivity index (χ1n) is 8.73. The smallest absolute Gasteiger partial charge is 0.262 e. The topological polar surface area (TPSA) is 89.2 Å². The van der Waals surface area contributed by atoms with Crippen molar-refractivity contribution in [2.75, 3.05) is 4.72 Å². The molecule has 8 heteroatoms. The first-order valence-corrected chi connectivity index (χ1v) is 10.2. The predicted octanol–water partition coefficient (Wildman–Crippen LogP) is 3.52. The second-order valence-corrected chi connectivity index (χ2v) is 8.34. The van der Waals surface area contributed by atoms with Gasteiger partial charge in [-0.1, -0.05) is 29.8 Å². The Bertz CT molecular complexity index is 1300. The minimum atomic E-state index is -3.69. The van der Waals surface area contributed by atoms with E-state index in [1.54, 1.807) is 41.8 Å². The molecule has 0 aliphatic carbocycles. The molecule has 142 valence electrons. The highest BCUT2D eigenvalue weighted by Gasteiger charge is 2.17. The molecule has 1 N–H and O–H groups in total. The number of nitrogens with zero attached hydrogens (tertiary/aromatic N) is 4. The van der Waals surface area contributed by atoms with Crippen LogP contribution in [0.5, 0.6) is 0 Å². The number of hydrogen-bond acceptors (Lipinski definition) is 5. The number of rotatable bonds is 4. The maximum Gasteiger partial charge on any atom is 0.262 e. The van der Waals surface area contributed by atoms with Crippen molar-refractivity contribution >= 4 is 21.4 Å². The van der Waals surface area contributed by atoms with Gasteiger partial charge in [-0.2, -0.15) is 9.61 Å². The van der Waals surface area contributed by atoms with Crippen LogP contribution in [0.15, 0.2) is 59.5 Å². The molecule has 0 amide bonds. The SMILES string of the molecule is Cc1ccc(S(=O)(=O)Nc2cccc(-c3ccc4nnc(C)n4n3)c2)c(C)c1. The number of anilines is 1. The van der Waals surface area contributed by atoms with E-state index in [4.69, 9.17) is 0 Å². The van der Waals surface area contributed by atoms with Crippen LogP contribution in [0.4, 0.5) is 5.69 Å². The van der Waals surface area contributed by atoms with E-state index in [1.807, 2.05) is 38.1 Å². The van der Waals surface area contributed by atoms with Crippen LogP contribution < -0.4 is 4.72 Å². The van der Waals surface area contributed by atoms with Gasteiger partial charge in [-0.3, -0.25) is 4.72 Å². The Morgan fingerprint density at radius 1 is 0.929 bits per heavy atom. The van der Waals surface area contributed by atoms with Gasteiger partial charge in [0, 0.05) is 11.3 Å². The highest BCUT2D eigenvalue weighted by atomic mass is 32.2. The molecule has 7 nitrogen and oxygen atoms in total. The Morgan fingerprint density at radius 3 is 2.54 bits per heavy atom. The number of nitrogens with one attached hydrogen (secondary N) is 1. The summed E-state index contributed by atoms with van der Waals surface area (Å²) in [5, 5.41) is 12.6. The number of aromatic nitrogens is 4. The normalized spacial score (nSPS) is 11.7. The number of fused-ring (bicyclic) bond motifs is 1. The molecule has 2 aromatic carbocycles. The minimum Gasteiger partial charge on any atom is -0.280 e. The Balaban J connectivity index is 1.69. The monoisotopic (exact) mass is 393 g/mol. The van der Waals surface area contributed by atoms with Crippen LogP contribution in [-0.2, 0) is 10.0 Å². The molecule has 0 radical (unpaired) electrons. The Morgan fingerprint density at radius 2 is 1.75 bits per heavy atom. The Labute approximate surface area is 163 Å². The van der Waals surface area contributed by atoms with Crippen LogP contribution in [0.2, 0.25) is 0 Å². The summed E-state index contributed by atoms with van der Waals surface area (Å²) in [6, 6.07) is 16.1. The van der Waals surface area contributed by atoms with Crippen LogP contribution >= 0.6 is 0 Å². The van der Waals surface area contributed by atoms with E-state index in [9.17, 15) is 8.42 Å². The maximum absolute atomic E-state index is 12.8. The fourth-order valence-electron chi connectivity index (χ4n) is 3.10. The second-order valence-electron chi connectivity index (χ2n) is 6.69. The summed E-state index contributed by atoms with van der Waals surface area (Å²) < 4.78 is 30.0. The van der Waals surface area contributed by atoms with Gasteiger partial charge in [0.2, 0.25) is 0 Å². The van der Waals surface area contributed by atoms with Crippen LogP contribution in [-0.4, -0.2) is 28.2 Å². The third-order valence-electron chi connectivity index (χ3n) is 4.45. The molecule has 4 rings (SSSR count). The van der Waals surface area contributed by atoms with Crippen molar-refractivity contribution in [3.05, 3.63) is 71.5 Å². The zero-order chi connectivity index (χ0) is 19.9. The van der Waals surface area contributed by atoms with E-state index < -0.39 is 10.0 Å². The van der Waals surface area contributed by atoms with Crippen LogP contribution in [0.3, 0.4) is 0 Å². The maximum atomic E-state index is 12.8. The number of sulfonamides is 1. The third-order valence-corrected chi connectivity index (χ3v) is 5.99. The van der Waals surface area contributed by atoms with Crippen molar-refractivity contribution in [1.29, 1.82) is 0 Å². The lowest BCUT2D eigenvalue weighted by molar-refractivity contribution is 0.600. The molecular formula is C20H19N5O2S. The highest BCUT2D eigenvalue weighted by Crippen LogP contribution is 2.24. The molecule has 2 heterocycles. The summed E-state index contributed by atoms with van der Waals surface area (Å²) in [4.78, 5) is 0.267. The first kappa shape index (κ1) is 18.1. The van der Waals surface area contributed by atoms with E-state index in [2.05, 4.69) is 20.0 Å². The van der Waals surface area contributed by atoms with E-state index in [-0.39, 0.29) is 4.90 Å². The second kappa shape index (κ2) is 6.72.